The molecule has 0 spiro atoms. The van der Waals surface area contributed by atoms with E-state index in [2.05, 4.69) is 10.6 Å². The Kier molecular flexibility index (Phi) is 9.68. The second-order valence-corrected chi connectivity index (χ2v) is 7.29. The SMILES string of the molecule is CC[C@H](C)[C@H](NC(=O)OCc1ccccc1)C(=O)NCCc1cc(OC)ccc1OC. The zero-order chi connectivity index (χ0) is 22.6. The van der Waals surface area contributed by atoms with Gasteiger partial charge in [-0.05, 0) is 41.7 Å². The molecule has 0 radical (unpaired) electrons. The highest BCUT2D eigenvalue weighted by atomic mass is 16.5. The molecule has 0 fully saturated rings. The molecule has 0 aromatic heterocycles. The van der Waals surface area contributed by atoms with Gasteiger partial charge in [-0.15, -0.1) is 0 Å². The lowest BCUT2D eigenvalue weighted by Gasteiger charge is -2.23. The largest absolute Gasteiger partial charge is 0.497 e. The first-order chi connectivity index (χ1) is 15.0. The highest BCUT2D eigenvalue weighted by Crippen LogP contribution is 2.24. The van der Waals surface area contributed by atoms with Crippen molar-refractivity contribution in [1.82, 2.24) is 10.6 Å². The van der Waals surface area contributed by atoms with Crippen LogP contribution < -0.4 is 20.1 Å². The normalized spacial score (nSPS) is 12.4. The Hall–Kier alpha value is -3.22. The van der Waals surface area contributed by atoms with Crippen LogP contribution in [0.25, 0.3) is 0 Å². The quantitative estimate of drug-likeness (QED) is 0.570. The topological polar surface area (TPSA) is 85.9 Å². The van der Waals surface area contributed by atoms with Crippen molar-refractivity contribution in [2.75, 3.05) is 20.8 Å². The van der Waals surface area contributed by atoms with E-state index in [4.69, 9.17) is 14.2 Å². The first kappa shape index (κ1) is 24.1. The van der Waals surface area contributed by atoms with E-state index in [0.717, 1.165) is 29.0 Å². The molecular formula is C24H32N2O5. The fourth-order valence-corrected chi connectivity index (χ4v) is 3.10. The Morgan fingerprint density at radius 1 is 1.03 bits per heavy atom. The standard InChI is InChI=1S/C24H32N2O5/c1-5-17(2)22(26-24(28)31-16-18-9-7-6-8-10-18)23(27)25-14-13-19-15-20(29-3)11-12-21(19)30-4/h6-12,15,17,22H,5,13-14,16H2,1-4H3,(H,25,27)(H,26,28)/t17-,22-/m0/s1. The van der Waals surface area contributed by atoms with Gasteiger partial charge in [0.15, 0.2) is 0 Å². The number of carbonyl (C=O) groups excluding carboxylic acids is 2. The van der Waals surface area contributed by atoms with Crippen LogP contribution in [-0.2, 0) is 22.6 Å². The average molecular weight is 429 g/mol. The van der Waals surface area contributed by atoms with E-state index >= 15 is 0 Å². The average Bonchev–Trinajstić information content (AvgIpc) is 2.81. The van der Waals surface area contributed by atoms with E-state index in [9.17, 15) is 9.59 Å². The molecule has 0 saturated carbocycles. The molecular weight excluding hydrogens is 396 g/mol. The zero-order valence-electron chi connectivity index (χ0n) is 18.6. The third kappa shape index (κ3) is 7.51. The molecule has 2 amide bonds. The number of ether oxygens (including phenoxy) is 3. The van der Waals surface area contributed by atoms with Crippen molar-refractivity contribution < 1.29 is 23.8 Å². The van der Waals surface area contributed by atoms with Crippen molar-refractivity contribution >= 4 is 12.0 Å². The highest BCUT2D eigenvalue weighted by molar-refractivity contribution is 5.85. The summed E-state index contributed by atoms with van der Waals surface area (Å²) in [6.07, 6.45) is 0.692. The number of alkyl carbamates (subject to hydrolysis) is 1. The molecule has 7 nitrogen and oxygen atoms in total. The number of methoxy groups -OCH3 is 2. The van der Waals surface area contributed by atoms with Crippen LogP contribution in [0, 0.1) is 5.92 Å². The maximum Gasteiger partial charge on any atom is 0.408 e. The van der Waals surface area contributed by atoms with E-state index in [1.807, 2.05) is 62.4 Å². The van der Waals surface area contributed by atoms with Gasteiger partial charge in [-0.3, -0.25) is 4.79 Å². The summed E-state index contributed by atoms with van der Waals surface area (Å²) in [7, 11) is 3.21. The van der Waals surface area contributed by atoms with Crippen molar-refractivity contribution in [3.05, 3.63) is 59.7 Å². The Balaban J connectivity index is 1.91. The second-order valence-electron chi connectivity index (χ2n) is 7.29. The summed E-state index contributed by atoms with van der Waals surface area (Å²) in [5.74, 6) is 1.17. The second kappa shape index (κ2) is 12.5. The number of hydrogen-bond donors (Lipinski definition) is 2. The van der Waals surface area contributed by atoms with Gasteiger partial charge >= 0.3 is 6.09 Å². The minimum atomic E-state index is -0.680. The molecule has 2 rings (SSSR count). The lowest BCUT2D eigenvalue weighted by atomic mass is 9.98. The van der Waals surface area contributed by atoms with Crippen LogP contribution in [-0.4, -0.2) is 38.8 Å². The lowest BCUT2D eigenvalue weighted by molar-refractivity contribution is -0.124. The molecule has 0 bridgehead atoms. The van der Waals surface area contributed by atoms with Crippen LogP contribution >= 0.6 is 0 Å². The molecule has 2 N–H and O–H groups in total. The lowest BCUT2D eigenvalue weighted by Crippen LogP contribution is -2.50. The first-order valence-corrected chi connectivity index (χ1v) is 10.4. The number of amides is 2. The van der Waals surface area contributed by atoms with Crippen LogP contribution in [0.5, 0.6) is 11.5 Å². The molecule has 0 aliphatic rings. The zero-order valence-corrected chi connectivity index (χ0v) is 18.6. The van der Waals surface area contributed by atoms with Gasteiger partial charge < -0.3 is 24.8 Å². The summed E-state index contributed by atoms with van der Waals surface area (Å²) in [5, 5.41) is 5.62. The van der Waals surface area contributed by atoms with Crippen molar-refractivity contribution in [2.24, 2.45) is 5.92 Å². The van der Waals surface area contributed by atoms with Gasteiger partial charge in [-0.25, -0.2) is 4.79 Å². The van der Waals surface area contributed by atoms with Gasteiger partial charge in [0.1, 0.15) is 24.1 Å². The molecule has 168 valence electrons. The summed E-state index contributed by atoms with van der Waals surface area (Å²) in [6.45, 7) is 4.45. The van der Waals surface area contributed by atoms with E-state index in [0.29, 0.717) is 13.0 Å². The smallest absolute Gasteiger partial charge is 0.408 e. The number of nitrogens with one attached hydrogen (secondary N) is 2. The summed E-state index contributed by atoms with van der Waals surface area (Å²) in [6, 6.07) is 14.3. The number of benzene rings is 2. The van der Waals surface area contributed by atoms with Crippen LogP contribution in [0.15, 0.2) is 48.5 Å². The number of carbonyl (C=O) groups is 2. The molecule has 2 aromatic carbocycles. The molecule has 7 heteroatoms. The van der Waals surface area contributed by atoms with E-state index in [1.165, 1.54) is 0 Å². The fourth-order valence-electron chi connectivity index (χ4n) is 3.10. The van der Waals surface area contributed by atoms with Gasteiger partial charge in [0.05, 0.1) is 14.2 Å². The fraction of sp³-hybridized carbons (Fsp3) is 0.417. The molecule has 0 unspecified atom stereocenters. The minimum Gasteiger partial charge on any atom is -0.497 e. The summed E-state index contributed by atoms with van der Waals surface area (Å²) >= 11 is 0. The maximum atomic E-state index is 12.8. The summed E-state index contributed by atoms with van der Waals surface area (Å²) in [4.78, 5) is 25.0. The third-order valence-electron chi connectivity index (χ3n) is 5.16. The third-order valence-corrected chi connectivity index (χ3v) is 5.16. The molecule has 0 saturated heterocycles. The number of hydrogen-bond acceptors (Lipinski definition) is 5. The van der Waals surface area contributed by atoms with Gasteiger partial charge in [-0.2, -0.15) is 0 Å². The first-order valence-electron chi connectivity index (χ1n) is 10.4. The predicted molar refractivity (Wildman–Crippen MR) is 119 cm³/mol. The maximum absolute atomic E-state index is 12.8. The molecule has 0 heterocycles. The number of rotatable bonds is 11. The monoisotopic (exact) mass is 428 g/mol. The minimum absolute atomic E-state index is 0.0457. The van der Waals surface area contributed by atoms with Gasteiger partial charge in [0, 0.05) is 6.54 Å². The Labute approximate surface area is 184 Å². The van der Waals surface area contributed by atoms with Crippen LogP contribution in [0.4, 0.5) is 4.79 Å². The van der Waals surface area contributed by atoms with Crippen molar-refractivity contribution in [2.45, 2.75) is 39.3 Å². The Bertz CT molecular complexity index is 841. The molecule has 2 aromatic rings. The highest BCUT2D eigenvalue weighted by Gasteiger charge is 2.26. The van der Waals surface area contributed by atoms with Crippen LogP contribution in [0.3, 0.4) is 0 Å². The van der Waals surface area contributed by atoms with Crippen molar-refractivity contribution in [3.8, 4) is 11.5 Å². The Morgan fingerprint density at radius 2 is 1.77 bits per heavy atom. The Morgan fingerprint density at radius 3 is 2.42 bits per heavy atom. The molecule has 0 aliphatic heterocycles. The van der Waals surface area contributed by atoms with E-state index in [-0.39, 0.29) is 18.4 Å². The predicted octanol–water partition coefficient (Wildman–Crippen LogP) is 3.70. The van der Waals surface area contributed by atoms with Crippen LogP contribution in [0.2, 0.25) is 0 Å². The van der Waals surface area contributed by atoms with Crippen molar-refractivity contribution in [3.63, 3.8) is 0 Å². The van der Waals surface area contributed by atoms with Gasteiger partial charge in [0.2, 0.25) is 5.91 Å². The van der Waals surface area contributed by atoms with E-state index in [1.54, 1.807) is 14.2 Å². The molecule has 31 heavy (non-hydrogen) atoms. The molecule has 0 aliphatic carbocycles. The van der Waals surface area contributed by atoms with Crippen molar-refractivity contribution in [1.29, 1.82) is 0 Å². The summed E-state index contributed by atoms with van der Waals surface area (Å²) < 4.78 is 15.9. The molecule has 2 atom stereocenters. The van der Waals surface area contributed by atoms with Gasteiger partial charge in [0.25, 0.3) is 0 Å². The summed E-state index contributed by atoms with van der Waals surface area (Å²) in [5.41, 5.74) is 1.81. The van der Waals surface area contributed by atoms with E-state index < -0.39 is 12.1 Å². The van der Waals surface area contributed by atoms with Gasteiger partial charge in [-0.1, -0.05) is 50.6 Å². The van der Waals surface area contributed by atoms with Crippen LogP contribution in [0.1, 0.15) is 31.4 Å².